The number of nitrogens with one attached hydrogen (secondary N) is 1. The average molecular weight is 542 g/mol. The van der Waals surface area contributed by atoms with Gasteiger partial charge in [-0.2, -0.15) is 26.3 Å². The van der Waals surface area contributed by atoms with E-state index in [2.05, 4.69) is 5.32 Å². The fourth-order valence-corrected chi connectivity index (χ4v) is 4.92. The summed E-state index contributed by atoms with van der Waals surface area (Å²) in [6, 6.07) is 9.71. The van der Waals surface area contributed by atoms with Crippen molar-refractivity contribution in [2.24, 2.45) is 0 Å². The van der Waals surface area contributed by atoms with Crippen LogP contribution in [-0.2, 0) is 21.9 Å². The van der Waals surface area contributed by atoms with E-state index >= 15 is 0 Å². The summed E-state index contributed by atoms with van der Waals surface area (Å²) in [5, 5.41) is 2.46. The Bertz CT molecular complexity index is 1190. The second-order valence-electron chi connectivity index (χ2n) is 9.20. The minimum Gasteiger partial charge on any atom is -0.358 e. The maximum atomic E-state index is 13.5. The lowest BCUT2D eigenvalue weighted by molar-refractivity contribution is -0.143. The van der Waals surface area contributed by atoms with Crippen molar-refractivity contribution in [3.05, 3.63) is 65.2 Å². The second kappa shape index (κ2) is 9.84. The first-order valence-electron chi connectivity index (χ1n) is 11.7. The van der Waals surface area contributed by atoms with Gasteiger partial charge in [0, 0.05) is 31.4 Å². The van der Waals surface area contributed by atoms with Crippen LogP contribution in [0.5, 0.6) is 0 Å². The summed E-state index contributed by atoms with van der Waals surface area (Å²) in [4.78, 5) is 42.9. The van der Waals surface area contributed by atoms with Crippen LogP contribution in [0.2, 0.25) is 0 Å². The van der Waals surface area contributed by atoms with Gasteiger partial charge in [-0.3, -0.25) is 14.4 Å². The zero-order chi connectivity index (χ0) is 27.9. The van der Waals surface area contributed by atoms with Crippen molar-refractivity contribution in [1.82, 2.24) is 15.1 Å². The maximum absolute atomic E-state index is 13.5. The molecule has 0 radical (unpaired) electrons. The molecule has 0 aromatic heterocycles. The molecule has 204 valence electrons. The number of piperidine rings is 1. The van der Waals surface area contributed by atoms with Gasteiger partial charge in [0.2, 0.25) is 5.91 Å². The molecule has 0 unspecified atom stereocenters. The molecule has 2 fully saturated rings. The largest absolute Gasteiger partial charge is 0.416 e. The molecular weight excluding hydrogens is 518 g/mol. The van der Waals surface area contributed by atoms with Crippen LogP contribution in [0.15, 0.2) is 48.5 Å². The Morgan fingerprint density at radius 2 is 1.47 bits per heavy atom. The zero-order valence-corrected chi connectivity index (χ0v) is 20.2. The van der Waals surface area contributed by atoms with Crippen molar-refractivity contribution in [1.29, 1.82) is 0 Å². The number of rotatable bonds is 4. The number of benzene rings is 2. The minimum atomic E-state index is -5.08. The van der Waals surface area contributed by atoms with Crippen molar-refractivity contribution in [2.75, 3.05) is 38.3 Å². The molecule has 13 heteroatoms. The number of para-hydroxylation sites is 1. The number of hydrogen-bond donors (Lipinski definition) is 1. The van der Waals surface area contributed by atoms with Crippen molar-refractivity contribution >= 4 is 23.4 Å². The molecule has 3 amide bonds. The van der Waals surface area contributed by atoms with E-state index in [-0.39, 0.29) is 57.0 Å². The second-order valence-corrected chi connectivity index (χ2v) is 9.20. The SMILES string of the molecule is CNC(=O)CN1CN(c2ccccc2)C2(CCN(C(=O)c3cc(C(F)(F)F)cc(C(F)(F)F)c3)CC2)C1=O. The third kappa shape index (κ3) is 5.14. The summed E-state index contributed by atoms with van der Waals surface area (Å²) in [7, 11) is 1.44. The highest BCUT2D eigenvalue weighted by Crippen LogP contribution is 2.40. The lowest BCUT2D eigenvalue weighted by Gasteiger charge is -2.43. The molecule has 0 aliphatic carbocycles. The normalized spacial score (nSPS) is 17.8. The average Bonchev–Trinajstić information content (AvgIpc) is 3.14. The fraction of sp³-hybridized carbons (Fsp3) is 0.400. The highest BCUT2D eigenvalue weighted by molar-refractivity contribution is 5.98. The highest BCUT2D eigenvalue weighted by atomic mass is 19.4. The summed E-state index contributed by atoms with van der Waals surface area (Å²) in [6.45, 7) is -0.251. The number of amides is 3. The van der Waals surface area contributed by atoms with Gasteiger partial charge in [-0.05, 0) is 43.2 Å². The lowest BCUT2D eigenvalue weighted by atomic mass is 9.85. The molecule has 2 aromatic carbocycles. The molecule has 2 heterocycles. The van der Waals surface area contributed by atoms with Gasteiger partial charge in [-0.15, -0.1) is 0 Å². The van der Waals surface area contributed by atoms with Gasteiger partial charge in [-0.25, -0.2) is 0 Å². The number of nitrogens with zero attached hydrogens (tertiary/aromatic N) is 3. The third-order valence-electron chi connectivity index (χ3n) is 6.91. The first-order valence-corrected chi connectivity index (χ1v) is 11.7. The van der Waals surface area contributed by atoms with Crippen LogP contribution in [0.1, 0.15) is 34.3 Å². The van der Waals surface area contributed by atoms with Gasteiger partial charge < -0.3 is 20.0 Å². The van der Waals surface area contributed by atoms with Crippen LogP contribution in [0, 0.1) is 0 Å². The fourth-order valence-electron chi connectivity index (χ4n) is 4.92. The van der Waals surface area contributed by atoms with Gasteiger partial charge in [0.05, 0.1) is 17.8 Å². The summed E-state index contributed by atoms with van der Waals surface area (Å²) < 4.78 is 79.6. The van der Waals surface area contributed by atoms with E-state index in [1.54, 1.807) is 30.3 Å². The summed E-state index contributed by atoms with van der Waals surface area (Å²) in [6.07, 6.45) is -10.0. The van der Waals surface area contributed by atoms with E-state index in [1.165, 1.54) is 11.9 Å². The van der Waals surface area contributed by atoms with E-state index in [0.717, 1.165) is 4.90 Å². The number of alkyl halides is 6. The summed E-state index contributed by atoms with van der Waals surface area (Å²) in [5.74, 6) is -1.70. The Morgan fingerprint density at radius 3 is 1.97 bits per heavy atom. The first kappa shape index (κ1) is 27.3. The molecule has 2 aliphatic rings. The van der Waals surface area contributed by atoms with Crippen molar-refractivity contribution in [2.45, 2.75) is 30.7 Å². The molecule has 4 rings (SSSR count). The Hall–Kier alpha value is -3.77. The smallest absolute Gasteiger partial charge is 0.358 e. The Labute approximate surface area is 214 Å². The van der Waals surface area contributed by atoms with Gasteiger partial charge in [0.15, 0.2) is 0 Å². The molecule has 0 bridgehead atoms. The number of hydrogen-bond acceptors (Lipinski definition) is 4. The van der Waals surface area contributed by atoms with Crippen LogP contribution in [0.25, 0.3) is 0 Å². The number of anilines is 1. The predicted molar refractivity (Wildman–Crippen MR) is 124 cm³/mol. The van der Waals surface area contributed by atoms with Gasteiger partial charge >= 0.3 is 12.4 Å². The van der Waals surface area contributed by atoms with Crippen LogP contribution < -0.4 is 10.2 Å². The van der Waals surface area contributed by atoms with Gasteiger partial charge in [0.25, 0.3) is 11.8 Å². The quantitative estimate of drug-likeness (QED) is 0.598. The molecule has 2 saturated heterocycles. The number of likely N-dealkylation sites (tertiary alicyclic amines) is 1. The third-order valence-corrected chi connectivity index (χ3v) is 6.91. The van der Waals surface area contributed by atoms with E-state index in [0.29, 0.717) is 17.8 Å². The van der Waals surface area contributed by atoms with Crippen molar-refractivity contribution in [3.8, 4) is 0 Å². The topological polar surface area (TPSA) is 73.0 Å². The molecule has 1 N–H and O–H groups in total. The molecule has 2 aromatic rings. The van der Waals surface area contributed by atoms with Crippen LogP contribution >= 0.6 is 0 Å². The van der Waals surface area contributed by atoms with Crippen LogP contribution in [0.4, 0.5) is 32.0 Å². The van der Waals surface area contributed by atoms with Crippen LogP contribution in [0.3, 0.4) is 0 Å². The van der Waals surface area contributed by atoms with Gasteiger partial charge in [0.1, 0.15) is 12.1 Å². The van der Waals surface area contributed by atoms with E-state index in [9.17, 15) is 40.7 Å². The number of carbonyl (C=O) groups excluding carboxylic acids is 3. The van der Waals surface area contributed by atoms with Crippen molar-refractivity contribution < 1.29 is 40.7 Å². The summed E-state index contributed by atoms with van der Waals surface area (Å²) >= 11 is 0. The molecule has 38 heavy (non-hydrogen) atoms. The zero-order valence-electron chi connectivity index (χ0n) is 20.2. The molecule has 1 spiro atoms. The van der Waals surface area contributed by atoms with E-state index in [4.69, 9.17) is 0 Å². The van der Waals surface area contributed by atoms with Gasteiger partial charge in [-0.1, -0.05) is 18.2 Å². The molecule has 7 nitrogen and oxygen atoms in total. The van der Waals surface area contributed by atoms with Crippen LogP contribution in [-0.4, -0.2) is 66.4 Å². The lowest BCUT2D eigenvalue weighted by Crippen LogP contribution is -2.57. The Balaban J connectivity index is 1.61. The molecule has 0 saturated carbocycles. The Morgan fingerprint density at radius 1 is 0.921 bits per heavy atom. The summed E-state index contributed by atoms with van der Waals surface area (Å²) in [5.41, 5.74) is -4.31. The van der Waals surface area contributed by atoms with E-state index in [1.807, 2.05) is 4.90 Å². The number of halogens is 6. The molecule has 0 atom stereocenters. The molecule has 2 aliphatic heterocycles. The Kier molecular flexibility index (Phi) is 7.06. The highest BCUT2D eigenvalue weighted by Gasteiger charge is 2.54. The minimum absolute atomic E-state index is 0.0298. The first-order chi connectivity index (χ1) is 17.8. The maximum Gasteiger partial charge on any atom is 0.416 e. The number of likely N-dealkylation sites (N-methyl/N-ethyl adjacent to an activating group) is 1. The molecular formula is C25H24F6N4O3. The predicted octanol–water partition coefficient (Wildman–Crippen LogP) is 3.75. The van der Waals surface area contributed by atoms with E-state index < -0.39 is 40.5 Å². The van der Waals surface area contributed by atoms with Crippen molar-refractivity contribution in [3.63, 3.8) is 0 Å². The standard InChI is InChI=1S/C25H24F6N4O3/c1-32-20(36)14-34-15-35(19-5-3-2-4-6-19)23(22(34)38)7-9-33(10-8-23)21(37)16-11-17(24(26,27)28)13-18(12-16)25(29,30)31/h2-6,11-13H,7-10,14-15H2,1H3,(H,32,36). The number of carbonyl (C=O) groups is 3. The monoisotopic (exact) mass is 542 g/mol.